The van der Waals surface area contributed by atoms with Crippen molar-refractivity contribution in [3.8, 4) is 11.5 Å². The smallest absolute Gasteiger partial charge is 0.163 e. The summed E-state index contributed by atoms with van der Waals surface area (Å²) in [5, 5.41) is 7.05. The molecule has 0 bridgehead atoms. The van der Waals surface area contributed by atoms with Gasteiger partial charge in [-0.1, -0.05) is 0 Å². The highest BCUT2D eigenvalue weighted by Gasteiger charge is 2.17. The van der Waals surface area contributed by atoms with E-state index in [4.69, 9.17) is 9.47 Å². The Kier molecular flexibility index (Phi) is 4.13. The molecular formula is C14H19BrN2O2. The van der Waals surface area contributed by atoms with Gasteiger partial charge < -0.3 is 20.1 Å². The second kappa shape index (κ2) is 6.01. The maximum atomic E-state index is 5.63. The molecule has 0 radical (unpaired) electrons. The lowest BCUT2D eigenvalue weighted by atomic mass is 10.1. The lowest BCUT2D eigenvalue weighted by molar-refractivity contribution is 0.171. The van der Waals surface area contributed by atoms with Gasteiger partial charge in [0.25, 0.3) is 0 Å². The summed E-state index contributed by atoms with van der Waals surface area (Å²) >= 11 is 3.61. The number of hydrogen-bond donors (Lipinski definition) is 2. The number of halogens is 1. The predicted molar refractivity (Wildman–Crippen MR) is 79.3 cm³/mol. The standard InChI is InChI=1S/C14H19BrN2O2/c15-11-8-13-14(19-7-6-18-13)9-12(11)17-10-2-1-4-16-5-3-10/h8-10,16-17H,1-7H2. The largest absolute Gasteiger partial charge is 0.486 e. The van der Waals surface area contributed by atoms with Crippen molar-refractivity contribution >= 4 is 21.6 Å². The molecule has 1 saturated heterocycles. The Hall–Kier alpha value is -0.940. The van der Waals surface area contributed by atoms with Crippen LogP contribution in [0.5, 0.6) is 11.5 Å². The van der Waals surface area contributed by atoms with E-state index in [9.17, 15) is 0 Å². The number of benzene rings is 1. The Labute approximate surface area is 122 Å². The van der Waals surface area contributed by atoms with Crippen LogP contribution in [0.15, 0.2) is 16.6 Å². The van der Waals surface area contributed by atoms with Gasteiger partial charge in [-0.15, -0.1) is 0 Å². The van der Waals surface area contributed by atoms with Crippen LogP contribution in [0.3, 0.4) is 0 Å². The summed E-state index contributed by atoms with van der Waals surface area (Å²) in [5.74, 6) is 1.66. The molecule has 0 amide bonds. The molecule has 2 N–H and O–H groups in total. The maximum Gasteiger partial charge on any atom is 0.163 e. The lowest BCUT2D eigenvalue weighted by Crippen LogP contribution is -2.22. The molecule has 2 heterocycles. The number of nitrogens with one attached hydrogen (secondary N) is 2. The second-order valence-electron chi connectivity index (χ2n) is 5.00. The molecule has 0 spiro atoms. The average molecular weight is 327 g/mol. The van der Waals surface area contributed by atoms with Gasteiger partial charge in [0.05, 0.1) is 5.69 Å². The van der Waals surface area contributed by atoms with Gasteiger partial charge in [-0.05, 0) is 48.3 Å². The van der Waals surface area contributed by atoms with Crippen LogP contribution in [-0.2, 0) is 0 Å². The fourth-order valence-electron chi connectivity index (χ4n) is 2.56. The first-order chi connectivity index (χ1) is 9.33. The van der Waals surface area contributed by atoms with Crippen molar-refractivity contribution in [2.75, 3.05) is 31.6 Å². The van der Waals surface area contributed by atoms with E-state index < -0.39 is 0 Å². The van der Waals surface area contributed by atoms with Crippen LogP contribution in [0, 0.1) is 0 Å². The Bertz CT molecular complexity index is 445. The van der Waals surface area contributed by atoms with Gasteiger partial charge in [-0.25, -0.2) is 0 Å². The van der Waals surface area contributed by atoms with Crippen molar-refractivity contribution in [1.82, 2.24) is 5.32 Å². The number of hydrogen-bond acceptors (Lipinski definition) is 4. The summed E-state index contributed by atoms with van der Waals surface area (Å²) in [4.78, 5) is 0. The Morgan fingerprint density at radius 2 is 1.89 bits per heavy atom. The molecule has 1 unspecified atom stereocenters. The molecule has 4 nitrogen and oxygen atoms in total. The van der Waals surface area contributed by atoms with E-state index in [1.807, 2.05) is 12.1 Å². The van der Waals surface area contributed by atoms with Crippen LogP contribution >= 0.6 is 15.9 Å². The summed E-state index contributed by atoms with van der Waals surface area (Å²) in [6.45, 7) is 3.46. The maximum absolute atomic E-state index is 5.63. The topological polar surface area (TPSA) is 42.5 Å². The molecule has 19 heavy (non-hydrogen) atoms. The van der Waals surface area contributed by atoms with E-state index in [1.165, 1.54) is 12.8 Å². The molecule has 1 atom stereocenters. The first-order valence-corrected chi connectivity index (χ1v) is 7.68. The first kappa shape index (κ1) is 13.1. The van der Waals surface area contributed by atoms with Crippen LogP contribution in [0.25, 0.3) is 0 Å². The number of ether oxygens (including phenoxy) is 2. The molecule has 3 rings (SSSR count). The number of rotatable bonds is 2. The summed E-state index contributed by atoms with van der Waals surface area (Å²) in [6, 6.07) is 4.55. The van der Waals surface area contributed by atoms with Crippen LogP contribution < -0.4 is 20.1 Å². The van der Waals surface area contributed by atoms with E-state index in [2.05, 4.69) is 26.6 Å². The van der Waals surface area contributed by atoms with Crippen molar-refractivity contribution in [2.24, 2.45) is 0 Å². The molecule has 0 saturated carbocycles. The molecule has 0 aliphatic carbocycles. The van der Waals surface area contributed by atoms with Crippen molar-refractivity contribution in [2.45, 2.75) is 25.3 Å². The fourth-order valence-corrected chi connectivity index (χ4v) is 2.99. The summed E-state index contributed by atoms with van der Waals surface area (Å²) < 4.78 is 12.2. The minimum Gasteiger partial charge on any atom is -0.486 e. The Morgan fingerprint density at radius 1 is 1.11 bits per heavy atom. The SMILES string of the molecule is Brc1cc2c(cc1NC1CCCNCC1)OCCO2. The zero-order valence-corrected chi connectivity index (χ0v) is 12.5. The van der Waals surface area contributed by atoms with Crippen molar-refractivity contribution in [3.05, 3.63) is 16.6 Å². The van der Waals surface area contributed by atoms with Gasteiger partial charge in [0, 0.05) is 22.6 Å². The van der Waals surface area contributed by atoms with Crippen LogP contribution in [0.2, 0.25) is 0 Å². The van der Waals surface area contributed by atoms with Crippen molar-refractivity contribution in [3.63, 3.8) is 0 Å². The molecule has 2 aliphatic heterocycles. The van der Waals surface area contributed by atoms with Gasteiger partial charge in [-0.2, -0.15) is 0 Å². The first-order valence-electron chi connectivity index (χ1n) is 6.89. The number of fused-ring (bicyclic) bond motifs is 1. The Balaban J connectivity index is 1.76. The minimum absolute atomic E-state index is 0.522. The third-order valence-electron chi connectivity index (χ3n) is 3.57. The van der Waals surface area contributed by atoms with Gasteiger partial charge in [0.1, 0.15) is 13.2 Å². The van der Waals surface area contributed by atoms with Crippen molar-refractivity contribution in [1.29, 1.82) is 0 Å². The third kappa shape index (κ3) is 3.15. The summed E-state index contributed by atoms with van der Waals surface area (Å²) in [6.07, 6.45) is 3.58. The monoisotopic (exact) mass is 326 g/mol. The summed E-state index contributed by atoms with van der Waals surface area (Å²) in [5.41, 5.74) is 1.09. The number of anilines is 1. The van der Waals surface area contributed by atoms with Gasteiger partial charge in [-0.3, -0.25) is 0 Å². The molecule has 2 aliphatic rings. The highest BCUT2D eigenvalue weighted by Crippen LogP contribution is 2.38. The molecule has 1 fully saturated rings. The molecule has 0 aromatic heterocycles. The van der Waals surface area contributed by atoms with Gasteiger partial charge >= 0.3 is 0 Å². The zero-order valence-electron chi connectivity index (χ0n) is 10.9. The molecule has 1 aromatic carbocycles. The summed E-state index contributed by atoms with van der Waals surface area (Å²) in [7, 11) is 0. The molecule has 5 heteroatoms. The van der Waals surface area contributed by atoms with E-state index in [0.717, 1.165) is 41.2 Å². The van der Waals surface area contributed by atoms with Crippen molar-refractivity contribution < 1.29 is 9.47 Å². The van der Waals surface area contributed by atoms with Gasteiger partial charge in [0.15, 0.2) is 11.5 Å². The van der Waals surface area contributed by atoms with E-state index in [1.54, 1.807) is 0 Å². The van der Waals surface area contributed by atoms with E-state index in [-0.39, 0.29) is 0 Å². The van der Waals surface area contributed by atoms with Gasteiger partial charge in [0.2, 0.25) is 0 Å². The zero-order chi connectivity index (χ0) is 13.1. The highest BCUT2D eigenvalue weighted by molar-refractivity contribution is 9.10. The minimum atomic E-state index is 0.522. The average Bonchev–Trinajstić information content (AvgIpc) is 2.68. The lowest BCUT2D eigenvalue weighted by Gasteiger charge is -2.23. The Morgan fingerprint density at radius 3 is 2.74 bits per heavy atom. The highest BCUT2D eigenvalue weighted by atomic mass is 79.9. The quantitative estimate of drug-likeness (QED) is 0.877. The molecule has 104 valence electrons. The van der Waals surface area contributed by atoms with Crippen LogP contribution in [0.1, 0.15) is 19.3 Å². The van der Waals surface area contributed by atoms with Crippen LogP contribution in [-0.4, -0.2) is 32.3 Å². The van der Waals surface area contributed by atoms with E-state index >= 15 is 0 Å². The molecular weight excluding hydrogens is 308 g/mol. The van der Waals surface area contributed by atoms with E-state index in [0.29, 0.717) is 19.3 Å². The fraction of sp³-hybridized carbons (Fsp3) is 0.571. The predicted octanol–water partition coefficient (Wildman–Crippen LogP) is 2.77. The molecule has 1 aromatic rings. The van der Waals surface area contributed by atoms with Crippen LogP contribution in [0.4, 0.5) is 5.69 Å². The third-order valence-corrected chi connectivity index (χ3v) is 4.22. The second-order valence-corrected chi connectivity index (χ2v) is 5.85. The normalized spacial score (nSPS) is 22.7.